The molecule has 1 aliphatic heterocycles. The second-order valence-electron chi connectivity index (χ2n) is 13.7. The zero-order valence-electron chi connectivity index (χ0n) is 27.8. The maximum atomic E-state index is 5.23. The summed E-state index contributed by atoms with van der Waals surface area (Å²) >= 11 is 1.80. The Kier molecular flexibility index (Phi) is 5.71. The summed E-state index contributed by atoms with van der Waals surface area (Å²) < 4.78 is 2.46. The highest BCUT2D eigenvalue weighted by Gasteiger charge is 2.24. The molecule has 0 unspecified atom stereocenters. The lowest BCUT2D eigenvalue weighted by atomic mass is 9.88. The third kappa shape index (κ3) is 3.77. The lowest BCUT2D eigenvalue weighted by Gasteiger charge is -2.19. The highest BCUT2D eigenvalue weighted by molar-refractivity contribution is 7.99. The molecule has 0 amide bonds. The molecule has 240 valence electrons. The van der Waals surface area contributed by atoms with Gasteiger partial charge in [-0.2, -0.15) is 0 Å². The number of hydrogen-bond acceptors (Lipinski definition) is 3. The van der Waals surface area contributed by atoms with Gasteiger partial charge in [-0.15, -0.1) is 0 Å². The summed E-state index contributed by atoms with van der Waals surface area (Å²) in [5, 5.41) is 14.0. The second kappa shape index (κ2) is 10.5. The van der Waals surface area contributed by atoms with Gasteiger partial charge in [0.25, 0.3) is 0 Å². The normalized spacial score (nSPS) is 12.5. The molecule has 3 heterocycles. The molecule has 0 saturated carbocycles. The van der Waals surface area contributed by atoms with E-state index in [1.807, 2.05) is 0 Å². The molecule has 0 fully saturated rings. The quantitative estimate of drug-likeness (QED) is 0.171. The number of benzene rings is 9. The monoisotopic (exact) mass is 677 g/mol. The topological polar surface area (TPSA) is 30.7 Å². The molecule has 52 heavy (non-hydrogen) atoms. The molecule has 0 atom stereocenters. The zero-order chi connectivity index (χ0) is 33.9. The van der Waals surface area contributed by atoms with Crippen molar-refractivity contribution in [2.75, 3.05) is 0 Å². The van der Waals surface area contributed by atoms with Crippen LogP contribution in [-0.4, -0.2) is 14.5 Å². The highest BCUT2D eigenvalue weighted by Crippen LogP contribution is 2.49. The van der Waals surface area contributed by atoms with E-state index in [0.717, 1.165) is 33.7 Å². The molecule has 0 bridgehead atoms. The molecule has 2 aromatic heterocycles. The molecule has 0 radical (unpaired) electrons. The van der Waals surface area contributed by atoms with Gasteiger partial charge in [-0.3, -0.25) is 0 Å². The molecule has 9 aromatic carbocycles. The molecule has 0 saturated heterocycles. The van der Waals surface area contributed by atoms with Crippen LogP contribution in [0.1, 0.15) is 0 Å². The van der Waals surface area contributed by atoms with Gasteiger partial charge in [0.2, 0.25) is 0 Å². The van der Waals surface area contributed by atoms with Gasteiger partial charge in [0, 0.05) is 53.5 Å². The number of hydrogen-bond donors (Lipinski definition) is 0. The lowest BCUT2D eigenvalue weighted by molar-refractivity contribution is 1.17. The number of fused-ring (bicyclic) bond motifs is 15. The van der Waals surface area contributed by atoms with Crippen molar-refractivity contribution >= 4 is 87.6 Å². The van der Waals surface area contributed by atoms with E-state index < -0.39 is 0 Å². The van der Waals surface area contributed by atoms with Gasteiger partial charge in [-0.25, -0.2) is 9.97 Å². The summed E-state index contributed by atoms with van der Waals surface area (Å²) in [7, 11) is 0. The van der Waals surface area contributed by atoms with Gasteiger partial charge in [0.15, 0.2) is 5.82 Å². The molecule has 12 rings (SSSR count). The molecule has 0 spiro atoms. The van der Waals surface area contributed by atoms with Crippen molar-refractivity contribution in [1.29, 1.82) is 0 Å². The van der Waals surface area contributed by atoms with Crippen LogP contribution in [0.3, 0.4) is 0 Å². The first kappa shape index (κ1) is 28.2. The van der Waals surface area contributed by atoms with Gasteiger partial charge in [-0.05, 0) is 80.8 Å². The van der Waals surface area contributed by atoms with Crippen LogP contribution in [0.25, 0.3) is 104 Å². The van der Waals surface area contributed by atoms with Crippen LogP contribution >= 0.6 is 11.8 Å². The highest BCUT2D eigenvalue weighted by atomic mass is 32.2. The number of nitrogens with zero attached hydrogens (tertiary/aromatic N) is 3. The zero-order valence-corrected chi connectivity index (χ0v) is 28.7. The largest absolute Gasteiger partial charge is 0.309 e. The SMILES string of the molecule is c1ccc2c(c1)Sc1cccc3nc(-c4ccc(-n5c6ccccc6c6c7c8ccccc8c8ccccc8c7c7ccccc7c65)cc4)nc-2c13. The Morgan fingerprint density at radius 3 is 1.77 bits per heavy atom. The van der Waals surface area contributed by atoms with Crippen molar-refractivity contribution in [2.24, 2.45) is 0 Å². The van der Waals surface area contributed by atoms with E-state index in [-0.39, 0.29) is 0 Å². The van der Waals surface area contributed by atoms with Gasteiger partial charge in [0.05, 0.1) is 22.2 Å². The average Bonchev–Trinajstić information content (AvgIpc) is 3.56. The Morgan fingerprint density at radius 1 is 0.404 bits per heavy atom. The van der Waals surface area contributed by atoms with Crippen LogP contribution in [0, 0.1) is 0 Å². The number of aromatic nitrogens is 3. The van der Waals surface area contributed by atoms with Gasteiger partial charge in [0.1, 0.15) is 0 Å². The van der Waals surface area contributed by atoms with Crippen LogP contribution in [-0.2, 0) is 0 Å². The van der Waals surface area contributed by atoms with Crippen LogP contribution in [0.15, 0.2) is 174 Å². The maximum Gasteiger partial charge on any atom is 0.160 e. The van der Waals surface area contributed by atoms with Crippen molar-refractivity contribution in [3.8, 4) is 28.3 Å². The maximum absolute atomic E-state index is 5.23. The molecule has 11 aromatic rings. The van der Waals surface area contributed by atoms with E-state index in [1.54, 1.807) is 11.8 Å². The van der Waals surface area contributed by atoms with E-state index in [9.17, 15) is 0 Å². The van der Waals surface area contributed by atoms with Crippen molar-refractivity contribution in [2.45, 2.75) is 9.79 Å². The first-order valence-corrected chi connectivity index (χ1v) is 18.5. The van der Waals surface area contributed by atoms with E-state index in [2.05, 4.69) is 168 Å². The van der Waals surface area contributed by atoms with E-state index in [1.165, 1.54) is 80.3 Å². The summed E-state index contributed by atoms with van der Waals surface area (Å²) in [6.45, 7) is 0. The van der Waals surface area contributed by atoms with E-state index >= 15 is 0 Å². The predicted molar refractivity (Wildman–Crippen MR) is 219 cm³/mol. The minimum absolute atomic E-state index is 0.741. The summed E-state index contributed by atoms with van der Waals surface area (Å²) in [5.41, 5.74) is 7.67. The minimum atomic E-state index is 0.741. The van der Waals surface area contributed by atoms with Crippen molar-refractivity contribution in [1.82, 2.24) is 14.5 Å². The summed E-state index contributed by atoms with van der Waals surface area (Å²) in [6, 6.07) is 59.4. The first-order chi connectivity index (χ1) is 25.8. The standard InChI is InChI=1S/C48H27N3S/c1-3-14-32-30(12-1)31-13-2-4-15-33(31)43-42(32)34-16-5-6-17-35(34)47-44(43)36-18-7-9-21-39(36)51(47)29-26-24-28(25-27-29)48-49-38-20-11-23-41-45(38)46(50-48)37-19-8-10-22-40(37)52-41/h1-27H. The Balaban J connectivity index is 1.15. The Labute approximate surface area is 302 Å². The molecular formula is C48H27N3S. The summed E-state index contributed by atoms with van der Waals surface area (Å²) in [4.78, 5) is 12.8. The first-order valence-electron chi connectivity index (χ1n) is 17.7. The molecule has 0 N–H and O–H groups in total. The van der Waals surface area contributed by atoms with Crippen molar-refractivity contribution in [3.63, 3.8) is 0 Å². The third-order valence-electron chi connectivity index (χ3n) is 10.9. The van der Waals surface area contributed by atoms with E-state index in [4.69, 9.17) is 9.97 Å². The van der Waals surface area contributed by atoms with Gasteiger partial charge >= 0.3 is 0 Å². The molecular weight excluding hydrogens is 651 g/mol. The second-order valence-corrected chi connectivity index (χ2v) is 14.7. The summed E-state index contributed by atoms with van der Waals surface area (Å²) in [6.07, 6.45) is 0. The third-order valence-corrected chi connectivity index (χ3v) is 12.1. The van der Waals surface area contributed by atoms with Crippen LogP contribution in [0.4, 0.5) is 0 Å². The fourth-order valence-corrected chi connectivity index (χ4v) is 9.90. The lowest BCUT2D eigenvalue weighted by Crippen LogP contribution is -2.00. The van der Waals surface area contributed by atoms with E-state index in [0.29, 0.717) is 0 Å². The molecule has 1 aliphatic rings. The van der Waals surface area contributed by atoms with Crippen LogP contribution < -0.4 is 0 Å². The average molecular weight is 678 g/mol. The minimum Gasteiger partial charge on any atom is -0.309 e. The predicted octanol–water partition coefficient (Wildman–Crippen LogP) is 13.1. The van der Waals surface area contributed by atoms with Crippen molar-refractivity contribution < 1.29 is 0 Å². The van der Waals surface area contributed by atoms with Gasteiger partial charge in [-0.1, -0.05) is 127 Å². The molecule has 3 nitrogen and oxygen atoms in total. The fraction of sp³-hybridized carbons (Fsp3) is 0. The fourth-order valence-electron chi connectivity index (χ4n) is 8.79. The number of rotatable bonds is 2. The van der Waals surface area contributed by atoms with Crippen LogP contribution in [0.2, 0.25) is 0 Å². The molecule has 4 heteroatoms. The number of para-hydroxylation sites is 1. The Hall–Kier alpha value is -6.49. The van der Waals surface area contributed by atoms with Crippen molar-refractivity contribution in [3.05, 3.63) is 164 Å². The smallest absolute Gasteiger partial charge is 0.160 e. The van der Waals surface area contributed by atoms with Crippen LogP contribution in [0.5, 0.6) is 0 Å². The summed E-state index contributed by atoms with van der Waals surface area (Å²) in [5.74, 6) is 0.741. The Bertz CT molecular complexity index is 3320. The molecule has 0 aliphatic carbocycles. The van der Waals surface area contributed by atoms with Gasteiger partial charge < -0.3 is 4.57 Å². The Morgan fingerprint density at radius 2 is 1.00 bits per heavy atom.